The number of carboxylic acid groups (broad SMARTS) is 1. The molecule has 29 heavy (non-hydrogen) atoms. The molecule has 4 rings (SSSR count). The number of carbonyl (C=O) groups excluding carboxylic acids is 1. The predicted octanol–water partition coefficient (Wildman–Crippen LogP) is 3.73. The summed E-state index contributed by atoms with van der Waals surface area (Å²) in [5.74, 6) is -0.130. The van der Waals surface area contributed by atoms with Crippen LogP contribution in [0, 0.1) is 0 Å². The van der Waals surface area contributed by atoms with E-state index in [1.54, 1.807) is 23.1 Å². The van der Waals surface area contributed by atoms with Gasteiger partial charge in [-0.25, -0.2) is 4.79 Å². The molecule has 1 aliphatic rings. The minimum Gasteiger partial charge on any atom is -0.478 e. The number of rotatable bonds is 5. The van der Waals surface area contributed by atoms with Crippen molar-refractivity contribution in [2.75, 3.05) is 6.54 Å². The van der Waals surface area contributed by atoms with Crippen molar-refractivity contribution in [3.05, 3.63) is 71.6 Å². The zero-order valence-corrected chi connectivity index (χ0v) is 15.8. The topological polar surface area (TPSA) is 96.5 Å². The van der Waals surface area contributed by atoms with E-state index in [1.165, 1.54) is 6.07 Å². The van der Waals surface area contributed by atoms with Gasteiger partial charge in [-0.05, 0) is 37.0 Å². The second kappa shape index (κ2) is 8.26. The van der Waals surface area contributed by atoms with Gasteiger partial charge in [0.2, 0.25) is 17.6 Å². The van der Waals surface area contributed by atoms with Gasteiger partial charge >= 0.3 is 5.97 Å². The zero-order valence-electron chi connectivity index (χ0n) is 15.8. The predicted molar refractivity (Wildman–Crippen MR) is 105 cm³/mol. The summed E-state index contributed by atoms with van der Waals surface area (Å²) in [6.07, 6.45) is 2.79. The van der Waals surface area contributed by atoms with E-state index in [2.05, 4.69) is 10.1 Å². The van der Waals surface area contributed by atoms with Gasteiger partial charge in [0.15, 0.2) is 0 Å². The lowest BCUT2D eigenvalue weighted by Gasteiger charge is -2.33. The number of benzene rings is 2. The summed E-state index contributed by atoms with van der Waals surface area (Å²) in [6, 6.07) is 15.8. The molecule has 7 nitrogen and oxygen atoms in total. The third kappa shape index (κ3) is 4.18. The quantitative estimate of drug-likeness (QED) is 0.712. The molecule has 1 N–H and O–H groups in total. The molecular weight excluding hydrogens is 370 g/mol. The number of aromatic nitrogens is 2. The molecule has 3 aromatic rings. The summed E-state index contributed by atoms with van der Waals surface area (Å²) in [6.45, 7) is 0.616. The van der Waals surface area contributed by atoms with Gasteiger partial charge in [-0.1, -0.05) is 47.6 Å². The minimum atomic E-state index is -1.01. The number of carboxylic acids is 1. The molecule has 2 heterocycles. The van der Waals surface area contributed by atoms with Crippen molar-refractivity contribution >= 4 is 11.9 Å². The molecule has 0 aliphatic carbocycles. The van der Waals surface area contributed by atoms with Gasteiger partial charge in [-0.3, -0.25) is 4.79 Å². The maximum absolute atomic E-state index is 13.0. The average molecular weight is 391 g/mol. The zero-order chi connectivity index (χ0) is 20.2. The van der Waals surface area contributed by atoms with Gasteiger partial charge in [0, 0.05) is 12.1 Å². The lowest BCUT2D eigenvalue weighted by molar-refractivity contribution is -0.135. The standard InChI is InChI=1S/C22H21N3O4/c26-19(14-15-7-6-10-17(13-15)22(27)28)25-12-5-4-11-18(25)21-23-20(24-29-21)16-8-2-1-3-9-16/h1-3,6-10,13,18H,4-5,11-12,14H2,(H,27,28). The van der Waals surface area contributed by atoms with E-state index >= 15 is 0 Å². The summed E-state index contributed by atoms with van der Waals surface area (Å²) in [5, 5.41) is 13.2. The lowest BCUT2D eigenvalue weighted by atomic mass is 10.00. The van der Waals surface area contributed by atoms with Gasteiger partial charge in [0.05, 0.1) is 12.0 Å². The van der Waals surface area contributed by atoms with E-state index < -0.39 is 5.97 Å². The smallest absolute Gasteiger partial charge is 0.335 e. The van der Waals surface area contributed by atoms with E-state index in [4.69, 9.17) is 9.63 Å². The first-order valence-corrected chi connectivity index (χ1v) is 9.62. The van der Waals surface area contributed by atoms with E-state index in [9.17, 15) is 9.59 Å². The molecule has 148 valence electrons. The number of piperidine rings is 1. The van der Waals surface area contributed by atoms with Crippen molar-refractivity contribution in [2.24, 2.45) is 0 Å². The van der Waals surface area contributed by atoms with Crippen LogP contribution in [0.2, 0.25) is 0 Å². The summed E-state index contributed by atoms with van der Waals surface area (Å²) in [5.41, 5.74) is 1.71. The molecular formula is C22H21N3O4. The van der Waals surface area contributed by atoms with Crippen LogP contribution in [-0.4, -0.2) is 38.6 Å². The summed E-state index contributed by atoms with van der Waals surface area (Å²) < 4.78 is 5.51. The van der Waals surface area contributed by atoms with E-state index in [-0.39, 0.29) is 23.9 Å². The highest BCUT2D eigenvalue weighted by Crippen LogP contribution is 2.31. The molecule has 0 radical (unpaired) electrons. The Hall–Kier alpha value is -3.48. The number of hydrogen-bond donors (Lipinski definition) is 1. The van der Waals surface area contributed by atoms with Crippen LogP contribution in [-0.2, 0) is 11.2 Å². The van der Waals surface area contributed by atoms with E-state index in [0.717, 1.165) is 24.8 Å². The first-order chi connectivity index (χ1) is 14.1. The minimum absolute atomic E-state index is 0.0725. The largest absolute Gasteiger partial charge is 0.478 e. The Balaban J connectivity index is 1.53. The Morgan fingerprint density at radius 2 is 1.93 bits per heavy atom. The Labute approximate surface area is 168 Å². The molecule has 1 fully saturated rings. The molecule has 1 aliphatic heterocycles. The van der Waals surface area contributed by atoms with Crippen molar-refractivity contribution in [3.8, 4) is 11.4 Å². The second-order valence-corrected chi connectivity index (χ2v) is 7.10. The first kappa shape index (κ1) is 18.9. The first-order valence-electron chi connectivity index (χ1n) is 9.62. The molecule has 0 bridgehead atoms. The van der Waals surface area contributed by atoms with Gasteiger partial charge < -0.3 is 14.5 Å². The Kier molecular flexibility index (Phi) is 5.37. The summed E-state index contributed by atoms with van der Waals surface area (Å²) in [7, 11) is 0. The Morgan fingerprint density at radius 1 is 1.10 bits per heavy atom. The van der Waals surface area contributed by atoms with Gasteiger partial charge in [0.25, 0.3) is 0 Å². The third-order valence-electron chi connectivity index (χ3n) is 5.11. The second-order valence-electron chi connectivity index (χ2n) is 7.10. The van der Waals surface area contributed by atoms with E-state index in [1.807, 2.05) is 30.3 Å². The maximum atomic E-state index is 13.0. The van der Waals surface area contributed by atoms with Crippen molar-refractivity contribution in [1.82, 2.24) is 15.0 Å². The molecule has 0 saturated carbocycles. The van der Waals surface area contributed by atoms with Gasteiger partial charge in [-0.15, -0.1) is 0 Å². The number of amides is 1. The molecule has 1 saturated heterocycles. The summed E-state index contributed by atoms with van der Waals surface area (Å²) in [4.78, 5) is 30.5. The normalized spacial score (nSPS) is 16.6. The average Bonchev–Trinajstić information content (AvgIpc) is 3.25. The number of likely N-dealkylation sites (tertiary alicyclic amines) is 1. The molecule has 0 spiro atoms. The van der Waals surface area contributed by atoms with Crippen LogP contribution in [0.1, 0.15) is 47.1 Å². The summed E-state index contributed by atoms with van der Waals surface area (Å²) >= 11 is 0. The molecule has 7 heteroatoms. The molecule has 1 aromatic heterocycles. The van der Waals surface area contributed by atoms with Crippen molar-refractivity contribution in [3.63, 3.8) is 0 Å². The van der Waals surface area contributed by atoms with Crippen LogP contribution in [0.15, 0.2) is 59.1 Å². The Morgan fingerprint density at radius 3 is 2.72 bits per heavy atom. The molecule has 2 aromatic carbocycles. The lowest BCUT2D eigenvalue weighted by Crippen LogP contribution is -2.39. The monoisotopic (exact) mass is 391 g/mol. The van der Waals surface area contributed by atoms with Crippen LogP contribution >= 0.6 is 0 Å². The number of carbonyl (C=O) groups is 2. The molecule has 1 amide bonds. The Bertz CT molecular complexity index is 1020. The molecule has 1 unspecified atom stereocenters. The number of aromatic carboxylic acids is 1. The maximum Gasteiger partial charge on any atom is 0.335 e. The van der Waals surface area contributed by atoms with Crippen LogP contribution in [0.25, 0.3) is 11.4 Å². The van der Waals surface area contributed by atoms with Crippen molar-refractivity contribution in [2.45, 2.75) is 31.7 Å². The molecule has 1 atom stereocenters. The SMILES string of the molecule is O=C(O)c1cccc(CC(=O)N2CCCCC2c2nc(-c3ccccc3)no2)c1. The van der Waals surface area contributed by atoms with Crippen molar-refractivity contribution < 1.29 is 19.2 Å². The third-order valence-corrected chi connectivity index (χ3v) is 5.11. The fraction of sp³-hybridized carbons (Fsp3) is 0.273. The van der Waals surface area contributed by atoms with Gasteiger partial charge in [-0.2, -0.15) is 4.98 Å². The van der Waals surface area contributed by atoms with Gasteiger partial charge in [0.1, 0.15) is 6.04 Å². The highest BCUT2D eigenvalue weighted by Gasteiger charge is 2.32. The van der Waals surface area contributed by atoms with Crippen molar-refractivity contribution in [1.29, 1.82) is 0 Å². The van der Waals surface area contributed by atoms with Crippen LogP contribution in [0.4, 0.5) is 0 Å². The highest BCUT2D eigenvalue weighted by atomic mass is 16.5. The highest BCUT2D eigenvalue weighted by molar-refractivity contribution is 5.88. The van der Waals surface area contributed by atoms with Crippen LogP contribution in [0.5, 0.6) is 0 Å². The number of hydrogen-bond acceptors (Lipinski definition) is 5. The van der Waals surface area contributed by atoms with Crippen LogP contribution < -0.4 is 0 Å². The van der Waals surface area contributed by atoms with E-state index in [0.29, 0.717) is 23.8 Å². The fourth-order valence-electron chi connectivity index (χ4n) is 3.65. The fourth-order valence-corrected chi connectivity index (χ4v) is 3.65. The van der Waals surface area contributed by atoms with Crippen LogP contribution in [0.3, 0.4) is 0 Å². The number of nitrogens with zero attached hydrogens (tertiary/aromatic N) is 3.